The number of allylic oxidation sites excluding steroid dienone is 1. The number of hydrogen-bond donors (Lipinski definition) is 1. The van der Waals surface area contributed by atoms with E-state index in [2.05, 4.69) is 6.58 Å². The lowest BCUT2D eigenvalue weighted by atomic mass is 10.1. The van der Waals surface area contributed by atoms with E-state index in [-0.39, 0.29) is 17.9 Å². The second-order valence-electron chi connectivity index (χ2n) is 4.23. The molecule has 20 heavy (non-hydrogen) atoms. The summed E-state index contributed by atoms with van der Waals surface area (Å²) in [4.78, 5) is 24.4. The van der Waals surface area contributed by atoms with Gasteiger partial charge in [-0.1, -0.05) is 24.3 Å². The molecule has 0 fully saturated rings. The van der Waals surface area contributed by atoms with Crippen molar-refractivity contribution in [1.82, 2.24) is 4.57 Å². The van der Waals surface area contributed by atoms with Gasteiger partial charge < -0.3 is 15.0 Å². The Hall–Kier alpha value is -2.56. The van der Waals surface area contributed by atoms with Crippen LogP contribution in [0.2, 0.25) is 0 Å². The number of carbonyl (C=O) groups is 1. The molecule has 0 aliphatic carbocycles. The molecule has 0 aliphatic rings. The van der Waals surface area contributed by atoms with Crippen LogP contribution in [0.5, 0.6) is 0 Å². The summed E-state index contributed by atoms with van der Waals surface area (Å²) in [6, 6.07) is 7.17. The van der Waals surface area contributed by atoms with Crippen LogP contribution in [-0.2, 0) is 11.3 Å². The summed E-state index contributed by atoms with van der Waals surface area (Å²) in [7, 11) is 0. The highest BCUT2D eigenvalue weighted by Gasteiger charge is 2.21. The molecule has 5 nitrogen and oxygen atoms in total. The number of nitrogens with zero attached hydrogens (tertiary/aromatic N) is 1. The largest absolute Gasteiger partial charge is 0.462 e. The molecule has 2 rings (SSSR count). The van der Waals surface area contributed by atoms with E-state index in [0.717, 1.165) is 0 Å². The predicted molar refractivity (Wildman–Crippen MR) is 78.8 cm³/mol. The van der Waals surface area contributed by atoms with Crippen molar-refractivity contribution in [3.8, 4) is 0 Å². The van der Waals surface area contributed by atoms with Crippen LogP contribution in [0, 0.1) is 0 Å². The molecular formula is C15H16N2O3. The summed E-state index contributed by atoms with van der Waals surface area (Å²) >= 11 is 0. The van der Waals surface area contributed by atoms with Gasteiger partial charge in [0.25, 0.3) is 5.56 Å². The molecule has 0 saturated carbocycles. The van der Waals surface area contributed by atoms with E-state index in [9.17, 15) is 9.59 Å². The molecule has 0 unspecified atom stereocenters. The third-order valence-corrected chi connectivity index (χ3v) is 3.00. The summed E-state index contributed by atoms with van der Waals surface area (Å²) in [6.07, 6.45) is 1.60. The zero-order chi connectivity index (χ0) is 14.7. The average Bonchev–Trinajstić information content (AvgIpc) is 2.44. The van der Waals surface area contributed by atoms with E-state index in [0.29, 0.717) is 17.4 Å². The maximum absolute atomic E-state index is 12.4. The second kappa shape index (κ2) is 5.61. The van der Waals surface area contributed by atoms with Gasteiger partial charge in [-0.25, -0.2) is 4.79 Å². The number of rotatable bonds is 4. The van der Waals surface area contributed by atoms with Crippen LogP contribution in [0.4, 0.5) is 5.69 Å². The van der Waals surface area contributed by atoms with Crippen LogP contribution < -0.4 is 11.3 Å². The minimum absolute atomic E-state index is 0.118. The number of nitrogens with two attached hydrogens (primary N) is 1. The summed E-state index contributed by atoms with van der Waals surface area (Å²) < 4.78 is 6.38. The number of hydrogen-bond acceptors (Lipinski definition) is 4. The fourth-order valence-corrected chi connectivity index (χ4v) is 2.14. The Bertz CT molecular complexity index is 732. The van der Waals surface area contributed by atoms with Gasteiger partial charge in [-0.05, 0) is 13.0 Å². The monoisotopic (exact) mass is 272 g/mol. The first-order chi connectivity index (χ1) is 9.61. The Morgan fingerprint density at radius 3 is 2.80 bits per heavy atom. The van der Waals surface area contributed by atoms with Crippen LogP contribution in [0.3, 0.4) is 0 Å². The first kappa shape index (κ1) is 13.9. The van der Waals surface area contributed by atoms with Crippen molar-refractivity contribution in [3.63, 3.8) is 0 Å². The lowest BCUT2D eigenvalue weighted by Gasteiger charge is -2.13. The average molecular weight is 272 g/mol. The van der Waals surface area contributed by atoms with E-state index < -0.39 is 11.5 Å². The zero-order valence-electron chi connectivity index (χ0n) is 11.3. The Balaban J connectivity index is 2.85. The quantitative estimate of drug-likeness (QED) is 0.682. The normalized spacial score (nSPS) is 10.4. The molecule has 0 amide bonds. The number of nitrogen functional groups attached to an aromatic ring is 1. The van der Waals surface area contributed by atoms with Gasteiger partial charge in [-0.15, -0.1) is 6.58 Å². The molecule has 0 spiro atoms. The number of ether oxygens (including phenoxy) is 1. The highest BCUT2D eigenvalue weighted by Crippen LogP contribution is 2.22. The van der Waals surface area contributed by atoms with Gasteiger partial charge in [-0.2, -0.15) is 0 Å². The van der Waals surface area contributed by atoms with Crippen molar-refractivity contribution in [2.75, 3.05) is 12.3 Å². The fraction of sp³-hybridized carbons (Fsp3) is 0.200. The second-order valence-corrected chi connectivity index (χ2v) is 4.23. The Morgan fingerprint density at radius 1 is 1.45 bits per heavy atom. The van der Waals surface area contributed by atoms with Crippen LogP contribution in [0.25, 0.3) is 10.9 Å². The van der Waals surface area contributed by atoms with Crippen LogP contribution in [0.1, 0.15) is 17.3 Å². The maximum atomic E-state index is 12.4. The molecule has 5 heteroatoms. The van der Waals surface area contributed by atoms with Gasteiger partial charge in [0.1, 0.15) is 5.56 Å². The van der Waals surface area contributed by atoms with Gasteiger partial charge in [0.05, 0.1) is 17.8 Å². The minimum atomic E-state index is -0.696. The van der Waals surface area contributed by atoms with Crippen molar-refractivity contribution in [2.45, 2.75) is 13.5 Å². The van der Waals surface area contributed by atoms with Gasteiger partial charge in [-0.3, -0.25) is 4.79 Å². The highest BCUT2D eigenvalue weighted by atomic mass is 16.5. The first-order valence-corrected chi connectivity index (χ1v) is 6.30. The molecule has 1 aromatic heterocycles. The van der Waals surface area contributed by atoms with Crippen LogP contribution in [0.15, 0.2) is 41.7 Å². The van der Waals surface area contributed by atoms with Crippen molar-refractivity contribution >= 4 is 22.6 Å². The molecule has 0 atom stereocenters. The molecule has 0 saturated heterocycles. The summed E-state index contributed by atoms with van der Waals surface area (Å²) in [6.45, 7) is 5.79. The molecule has 0 aliphatic heterocycles. The van der Waals surface area contributed by atoms with Gasteiger partial charge in [0.15, 0.2) is 0 Å². The Morgan fingerprint density at radius 2 is 2.15 bits per heavy atom. The van der Waals surface area contributed by atoms with Crippen molar-refractivity contribution in [2.24, 2.45) is 0 Å². The van der Waals surface area contributed by atoms with Crippen LogP contribution in [-0.4, -0.2) is 17.1 Å². The number of fused-ring (bicyclic) bond motifs is 1. The number of para-hydroxylation sites is 1. The molecule has 104 valence electrons. The van der Waals surface area contributed by atoms with Crippen molar-refractivity contribution < 1.29 is 9.53 Å². The Labute approximate surface area is 116 Å². The predicted octanol–water partition coefficient (Wildman–Crippen LogP) is 1.95. The third-order valence-electron chi connectivity index (χ3n) is 3.00. The summed E-state index contributed by atoms with van der Waals surface area (Å²) in [5.41, 5.74) is 6.23. The number of pyridine rings is 1. The molecule has 1 aromatic carbocycles. The molecule has 2 N–H and O–H groups in total. The van der Waals surface area contributed by atoms with Gasteiger partial charge in [0.2, 0.25) is 0 Å². The molecule has 0 bridgehead atoms. The molecule has 2 aromatic rings. The molecule has 1 heterocycles. The Kier molecular flexibility index (Phi) is 3.89. The number of benzene rings is 1. The fourth-order valence-electron chi connectivity index (χ4n) is 2.14. The number of esters is 1. The lowest BCUT2D eigenvalue weighted by molar-refractivity contribution is 0.0525. The van der Waals surface area contributed by atoms with E-state index in [1.807, 2.05) is 6.07 Å². The van der Waals surface area contributed by atoms with Gasteiger partial charge >= 0.3 is 5.97 Å². The summed E-state index contributed by atoms with van der Waals surface area (Å²) in [5.74, 6) is -0.696. The zero-order valence-corrected chi connectivity index (χ0v) is 11.3. The molecular weight excluding hydrogens is 256 g/mol. The minimum Gasteiger partial charge on any atom is -0.462 e. The lowest BCUT2D eigenvalue weighted by Crippen LogP contribution is -2.29. The SMILES string of the molecule is C=CCn1c(=O)c(C(=O)OCC)c(N)c2ccccc21. The van der Waals surface area contributed by atoms with E-state index in [1.165, 1.54) is 4.57 Å². The van der Waals surface area contributed by atoms with Crippen molar-refractivity contribution in [3.05, 3.63) is 52.8 Å². The van der Waals surface area contributed by atoms with E-state index >= 15 is 0 Å². The number of carbonyl (C=O) groups excluding carboxylic acids is 1. The van der Waals surface area contributed by atoms with Gasteiger partial charge in [0, 0.05) is 11.9 Å². The maximum Gasteiger partial charge on any atom is 0.345 e. The van der Waals surface area contributed by atoms with Crippen LogP contribution >= 0.6 is 0 Å². The van der Waals surface area contributed by atoms with Crippen molar-refractivity contribution in [1.29, 1.82) is 0 Å². The smallest absolute Gasteiger partial charge is 0.345 e. The topological polar surface area (TPSA) is 74.3 Å². The highest BCUT2D eigenvalue weighted by molar-refractivity contribution is 6.04. The molecule has 0 radical (unpaired) electrons. The van der Waals surface area contributed by atoms with E-state index in [4.69, 9.17) is 10.5 Å². The standard InChI is InChI=1S/C15H16N2O3/c1-3-9-17-11-8-6-5-7-10(11)13(16)12(14(17)18)15(19)20-4-2/h3,5-8H,1,4,9,16H2,2H3. The summed E-state index contributed by atoms with van der Waals surface area (Å²) in [5, 5.41) is 0.650. The van der Waals surface area contributed by atoms with E-state index in [1.54, 1.807) is 31.2 Å². The number of anilines is 1. The third kappa shape index (κ3) is 2.18. The number of aromatic nitrogens is 1. The first-order valence-electron chi connectivity index (χ1n) is 6.30.